The molecule has 12 heteroatoms. The minimum absolute atomic E-state index is 0.0273. The number of carbonyl (C=O) groups excluding carboxylic acids is 3. The van der Waals surface area contributed by atoms with Crippen molar-refractivity contribution in [3.63, 3.8) is 0 Å². The summed E-state index contributed by atoms with van der Waals surface area (Å²) in [5, 5.41) is 31.5. The fourth-order valence-corrected chi connectivity index (χ4v) is 8.07. The van der Waals surface area contributed by atoms with E-state index in [-0.39, 0.29) is 25.9 Å². The highest BCUT2D eigenvalue weighted by atomic mass is 16.7. The number of hydrogen-bond donors (Lipinski definition) is 3. The number of aliphatic hydroxyl groups excluding tert-OH is 2. The normalized spacial score (nSPS) is 18.9. The lowest BCUT2D eigenvalue weighted by Crippen LogP contribution is -2.61. The van der Waals surface area contributed by atoms with Gasteiger partial charge in [0.05, 0.1) is 13.0 Å². The van der Waals surface area contributed by atoms with Crippen molar-refractivity contribution in [1.29, 1.82) is 0 Å². The molecule has 0 amide bonds. The number of unbranched alkanes of at least 4 members (excludes halogenated alkanes) is 15. The van der Waals surface area contributed by atoms with E-state index in [1.54, 1.807) is 6.08 Å². The van der Waals surface area contributed by atoms with E-state index in [0.717, 1.165) is 103 Å². The first kappa shape index (κ1) is 70.1. The van der Waals surface area contributed by atoms with Gasteiger partial charge < -0.3 is 39.0 Å². The Morgan fingerprint density at radius 1 is 0.455 bits per heavy atom. The van der Waals surface area contributed by atoms with Crippen LogP contribution in [0.2, 0.25) is 0 Å². The SMILES string of the molecule is CC/C=C\C/C=C\C/C=C\C/C=C\C/C=C\CC(=O)OCC(COC1OC(C(=O)O)C(O)C(O)C1OC(=O)CCCCCCCCCCC/C=C\C/C=C\CCCCC)OC(=O)CCCCC/C=C\C/C=C\C/C=C\CC. The highest BCUT2D eigenvalue weighted by molar-refractivity contribution is 5.74. The second-order valence-corrected chi connectivity index (χ2v) is 19.5. The van der Waals surface area contributed by atoms with E-state index in [2.05, 4.69) is 124 Å². The van der Waals surface area contributed by atoms with Crippen molar-refractivity contribution >= 4 is 23.9 Å². The van der Waals surface area contributed by atoms with Crippen LogP contribution in [0.15, 0.2) is 122 Å². The van der Waals surface area contributed by atoms with Crippen molar-refractivity contribution in [2.45, 2.75) is 250 Å². The largest absolute Gasteiger partial charge is 0.479 e. The average Bonchev–Trinajstić information content (AvgIpc) is 3.42. The second kappa shape index (κ2) is 51.9. The van der Waals surface area contributed by atoms with Crippen molar-refractivity contribution in [3.05, 3.63) is 122 Å². The van der Waals surface area contributed by atoms with Crippen LogP contribution >= 0.6 is 0 Å². The topological polar surface area (TPSA) is 175 Å². The Morgan fingerprint density at radius 2 is 0.857 bits per heavy atom. The standard InChI is InChI=1S/C65H102O12/c1-4-7-10-13-16-19-22-25-27-28-29-30-32-35-38-41-44-47-50-53-59(68)76-63-61(70)60(69)62(64(71)72)77-65(63)74-55-56(75-58(67)52-49-46-43-40-37-33-24-21-18-15-12-9-6-3)54-73-57(66)51-48-45-42-39-36-34-31-26-23-20-17-14-11-8-5-2/h8-9,11-12,16-21,25-27,31,33,36-37,39,45,48,56,60-63,65,69-70H,4-7,10,13-15,22-24,28-30,32,34-35,38,40-44,46-47,49-55H2,1-3H3,(H,71,72)/b11-8-,12-9-,19-16-,20-17-,21-18-,27-25-,31-26-,37-33-,39-36-,48-45-. The quantitative estimate of drug-likeness (QED) is 0.0228. The molecule has 0 saturated carbocycles. The van der Waals surface area contributed by atoms with Gasteiger partial charge in [-0.2, -0.15) is 0 Å². The Morgan fingerprint density at radius 3 is 1.32 bits per heavy atom. The summed E-state index contributed by atoms with van der Waals surface area (Å²) in [5.74, 6) is -3.35. The Labute approximate surface area is 465 Å². The van der Waals surface area contributed by atoms with Gasteiger partial charge >= 0.3 is 23.9 Å². The Kier molecular flexibility index (Phi) is 47.2. The maximum absolute atomic E-state index is 13.1. The predicted octanol–water partition coefficient (Wildman–Crippen LogP) is 15.2. The van der Waals surface area contributed by atoms with E-state index in [0.29, 0.717) is 19.3 Å². The molecule has 6 atom stereocenters. The van der Waals surface area contributed by atoms with Gasteiger partial charge in [-0.05, 0) is 109 Å². The lowest BCUT2D eigenvalue weighted by molar-refractivity contribution is -0.301. The number of rotatable bonds is 48. The number of ether oxygens (including phenoxy) is 5. The zero-order chi connectivity index (χ0) is 56.1. The smallest absolute Gasteiger partial charge is 0.335 e. The number of aliphatic carboxylic acids is 1. The third-order valence-electron chi connectivity index (χ3n) is 12.5. The second-order valence-electron chi connectivity index (χ2n) is 19.5. The van der Waals surface area contributed by atoms with Crippen molar-refractivity contribution in [3.8, 4) is 0 Å². The van der Waals surface area contributed by atoms with Gasteiger partial charge in [0.15, 0.2) is 24.6 Å². The molecule has 77 heavy (non-hydrogen) atoms. The number of aliphatic hydroxyl groups is 2. The van der Waals surface area contributed by atoms with Crippen LogP contribution in [0, 0.1) is 0 Å². The molecule has 1 heterocycles. The van der Waals surface area contributed by atoms with Crippen LogP contribution in [0.1, 0.15) is 213 Å². The zero-order valence-electron chi connectivity index (χ0n) is 47.7. The maximum Gasteiger partial charge on any atom is 0.335 e. The van der Waals surface area contributed by atoms with Crippen LogP contribution in [0.25, 0.3) is 0 Å². The van der Waals surface area contributed by atoms with Gasteiger partial charge in [0.25, 0.3) is 0 Å². The summed E-state index contributed by atoms with van der Waals surface area (Å²) in [6.45, 7) is 5.61. The summed E-state index contributed by atoms with van der Waals surface area (Å²) in [5.41, 5.74) is 0. The molecule has 1 aliphatic rings. The van der Waals surface area contributed by atoms with E-state index in [1.165, 1.54) is 51.4 Å². The molecule has 6 unspecified atom stereocenters. The van der Waals surface area contributed by atoms with Crippen molar-refractivity contribution in [2.24, 2.45) is 0 Å². The van der Waals surface area contributed by atoms with Gasteiger partial charge in [-0.15, -0.1) is 0 Å². The fourth-order valence-electron chi connectivity index (χ4n) is 8.07. The van der Waals surface area contributed by atoms with Crippen LogP contribution < -0.4 is 0 Å². The lowest BCUT2D eigenvalue weighted by Gasteiger charge is -2.40. The maximum atomic E-state index is 13.1. The fraction of sp³-hybridized carbons (Fsp3) is 0.631. The molecule has 434 valence electrons. The minimum atomic E-state index is -1.93. The summed E-state index contributed by atoms with van der Waals surface area (Å²) in [6, 6.07) is 0. The van der Waals surface area contributed by atoms with Gasteiger partial charge in [-0.25, -0.2) is 4.79 Å². The lowest BCUT2D eigenvalue weighted by atomic mass is 9.98. The molecule has 0 spiro atoms. The van der Waals surface area contributed by atoms with Crippen LogP contribution in [-0.4, -0.2) is 89.2 Å². The summed E-state index contributed by atoms with van der Waals surface area (Å²) in [4.78, 5) is 51.0. The number of allylic oxidation sites excluding steroid dienone is 19. The number of carbonyl (C=O) groups is 4. The molecule has 0 aliphatic carbocycles. The summed E-state index contributed by atoms with van der Waals surface area (Å²) in [6.07, 6.45) is 59.1. The molecule has 0 aromatic rings. The van der Waals surface area contributed by atoms with Gasteiger partial charge in [-0.3, -0.25) is 14.4 Å². The molecule has 1 fully saturated rings. The molecule has 0 bridgehead atoms. The van der Waals surface area contributed by atoms with Gasteiger partial charge in [-0.1, -0.05) is 206 Å². The number of carboxylic acid groups (broad SMARTS) is 1. The zero-order valence-corrected chi connectivity index (χ0v) is 47.7. The van der Waals surface area contributed by atoms with Crippen molar-refractivity contribution < 1.29 is 58.2 Å². The Hall–Kier alpha value is -4.88. The third kappa shape index (κ3) is 41.8. The van der Waals surface area contributed by atoms with Crippen LogP contribution in [-0.2, 0) is 42.9 Å². The van der Waals surface area contributed by atoms with E-state index in [4.69, 9.17) is 23.7 Å². The molecule has 1 rings (SSSR count). The Bertz CT molecular complexity index is 1800. The third-order valence-corrected chi connectivity index (χ3v) is 12.5. The molecule has 12 nitrogen and oxygen atoms in total. The minimum Gasteiger partial charge on any atom is -0.479 e. The number of carboxylic acids is 1. The first-order valence-electron chi connectivity index (χ1n) is 29.5. The molecule has 0 aromatic carbocycles. The summed E-state index contributed by atoms with van der Waals surface area (Å²) in [7, 11) is 0. The summed E-state index contributed by atoms with van der Waals surface area (Å²) < 4.78 is 28.3. The van der Waals surface area contributed by atoms with Gasteiger partial charge in [0, 0.05) is 12.8 Å². The summed E-state index contributed by atoms with van der Waals surface area (Å²) >= 11 is 0. The molecule has 0 radical (unpaired) electrons. The van der Waals surface area contributed by atoms with Crippen LogP contribution in [0.4, 0.5) is 0 Å². The Balaban J connectivity index is 2.74. The molecule has 0 aromatic heterocycles. The van der Waals surface area contributed by atoms with Crippen LogP contribution in [0.3, 0.4) is 0 Å². The van der Waals surface area contributed by atoms with E-state index in [9.17, 15) is 34.5 Å². The molecule has 3 N–H and O–H groups in total. The van der Waals surface area contributed by atoms with E-state index >= 15 is 0 Å². The van der Waals surface area contributed by atoms with E-state index < -0.39 is 67.3 Å². The van der Waals surface area contributed by atoms with E-state index in [1.807, 2.05) is 12.2 Å². The monoisotopic (exact) mass is 1070 g/mol. The highest BCUT2D eigenvalue weighted by Gasteiger charge is 2.50. The first-order chi connectivity index (χ1) is 37.6. The van der Waals surface area contributed by atoms with Crippen LogP contribution in [0.5, 0.6) is 0 Å². The molecule has 1 saturated heterocycles. The first-order valence-corrected chi connectivity index (χ1v) is 29.5. The highest BCUT2D eigenvalue weighted by Crippen LogP contribution is 2.26. The number of esters is 3. The van der Waals surface area contributed by atoms with Gasteiger partial charge in [0.2, 0.25) is 0 Å². The number of hydrogen-bond acceptors (Lipinski definition) is 11. The average molecular weight is 1080 g/mol. The van der Waals surface area contributed by atoms with Crippen molar-refractivity contribution in [1.82, 2.24) is 0 Å². The molecular weight excluding hydrogens is 973 g/mol. The van der Waals surface area contributed by atoms with Crippen molar-refractivity contribution in [2.75, 3.05) is 13.2 Å². The molecular formula is C65H102O12. The van der Waals surface area contributed by atoms with Gasteiger partial charge in [0.1, 0.15) is 18.8 Å². The predicted molar refractivity (Wildman–Crippen MR) is 312 cm³/mol. The molecule has 1 aliphatic heterocycles.